The zero-order valence-corrected chi connectivity index (χ0v) is 14.2. The maximum atomic E-state index is 14.0. The minimum absolute atomic E-state index is 0.599. The van der Waals surface area contributed by atoms with Crippen molar-refractivity contribution in [3.8, 4) is 0 Å². The summed E-state index contributed by atoms with van der Waals surface area (Å²) in [4.78, 5) is 22.9. The quantitative estimate of drug-likeness (QED) is 0.168. The Balaban J connectivity index is 2.26. The Bertz CT molecular complexity index is 996. The molecule has 1 aliphatic rings. The molecule has 0 radical (unpaired) electrons. The number of halogens is 11. The predicted molar refractivity (Wildman–Crippen MR) is 77.1 cm³/mol. The van der Waals surface area contributed by atoms with Crippen LogP contribution in [-0.4, -0.2) is 17.4 Å². The lowest BCUT2D eigenvalue weighted by Crippen LogP contribution is -2.38. The van der Waals surface area contributed by atoms with E-state index in [-0.39, 0.29) is 0 Å². The van der Waals surface area contributed by atoms with Gasteiger partial charge in [0, 0.05) is 0 Å². The zero-order valence-electron chi connectivity index (χ0n) is 13.4. The molecular weight excluding hydrogens is 466 g/mol. The van der Waals surface area contributed by atoms with Gasteiger partial charge >= 0.3 is 11.8 Å². The first kappa shape index (κ1) is 21.7. The first-order valence-corrected chi connectivity index (χ1v) is 7.61. The van der Waals surface area contributed by atoms with Crippen LogP contribution in [0.25, 0.3) is 0 Å². The number of hydrogen-bond donors (Lipinski definition) is 0. The second-order valence-corrected chi connectivity index (χ2v) is 5.89. The van der Waals surface area contributed by atoms with Gasteiger partial charge in [-0.15, -0.1) is 0 Å². The Hall–Kier alpha value is -3.03. The predicted octanol–water partition coefficient (Wildman–Crippen LogP) is 3.98. The van der Waals surface area contributed by atoms with E-state index in [4.69, 9.17) is 11.6 Å². The van der Waals surface area contributed by atoms with E-state index in [1.165, 1.54) is 0 Å². The summed E-state index contributed by atoms with van der Waals surface area (Å²) in [5.41, 5.74) is -6.96. The van der Waals surface area contributed by atoms with Crippen molar-refractivity contribution in [2.45, 2.75) is 5.62 Å². The number of nitrogens with zero attached hydrogens (tertiary/aromatic N) is 2. The van der Waals surface area contributed by atoms with Crippen molar-refractivity contribution < 1.29 is 53.5 Å². The summed E-state index contributed by atoms with van der Waals surface area (Å²) >= 11 is 5.55. The van der Waals surface area contributed by atoms with Crippen LogP contribution in [0, 0.1) is 58.2 Å². The third kappa shape index (κ3) is 2.69. The van der Waals surface area contributed by atoms with E-state index in [9.17, 15) is 53.5 Å². The number of rotatable bonds is 2. The molecule has 2 aromatic rings. The largest absolute Gasteiger partial charge is 0.319 e. The first-order chi connectivity index (χ1) is 13.8. The molecule has 15 heteroatoms. The Morgan fingerprint density at radius 3 is 0.900 bits per heavy atom. The second-order valence-electron chi connectivity index (χ2n) is 5.50. The number of carbonyl (C=O) groups is 2. The van der Waals surface area contributed by atoms with Crippen LogP contribution in [0.1, 0.15) is 0 Å². The van der Waals surface area contributed by atoms with Crippen LogP contribution >= 0.6 is 11.6 Å². The van der Waals surface area contributed by atoms with Crippen LogP contribution in [0.2, 0.25) is 0 Å². The third-order valence-electron chi connectivity index (χ3n) is 3.90. The fourth-order valence-electron chi connectivity index (χ4n) is 2.54. The summed E-state index contributed by atoms with van der Waals surface area (Å²) < 4.78 is 136. The molecule has 1 fully saturated rings. The van der Waals surface area contributed by atoms with E-state index in [1.54, 1.807) is 0 Å². The zero-order chi connectivity index (χ0) is 22.8. The maximum Gasteiger partial charge on any atom is 0.319 e. The number of amides is 2. The van der Waals surface area contributed by atoms with Crippen molar-refractivity contribution in [2.24, 2.45) is 0 Å². The monoisotopic (exact) mass is 466 g/mol. The summed E-state index contributed by atoms with van der Waals surface area (Å²) in [6, 6.07) is 0. The standard InChI is InChI=1S/C15HClF10N2O2/c16-15-27(11-7(23)3(19)1(17)4(20)8(11)24)13(29)14(30)28(15)12-9(25)5(21)2(18)6(22)10(12)26/h15H. The first-order valence-electron chi connectivity index (χ1n) is 7.18. The molecule has 30 heavy (non-hydrogen) atoms. The normalized spacial score (nSPS) is 15.0. The van der Waals surface area contributed by atoms with Gasteiger partial charge in [-0.25, -0.2) is 43.9 Å². The average molecular weight is 467 g/mol. The summed E-state index contributed by atoms with van der Waals surface area (Å²) in [5.74, 6) is -30.6. The van der Waals surface area contributed by atoms with Crippen LogP contribution in [0.5, 0.6) is 0 Å². The molecule has 4 nitrogen and oxygen atoms in total. The molecule has 0 aliphatic carbocycles. The van der Waals surface area contributed by atoms with Crippen molar-refractivity contribution in [1.82, 2.24) is 0 Å². The van der Waals surface area contributed by atoms with Crippen molar-refractivity contribution in [2.75, 3.05) is 9.80 Å². The molecule has 2 amide bonds. The highest BCUT2D eigenvalue weighted by Crippen LogP contribution is 2.40. The van der Waals surface area contributed by atoms with Crippen molar-refractivity contribution in [3.05, 3.63) is 58.2 Å². The fraction of sp³-hybridized carbons (Fsp3) is 0.0667. The molecule has 3 rings (SSSR count). The molecule has 2 aromatic carbocycles. The highest BCUT2D eigenvalue weighted by atomic mass is 35.5. The Morgan fingerprint density at radius 2 is 0.667 bits per heavy atom. The minimum atomic E-state index is -2.79. The van der Waals surface area contributed by atoms with Gasteiger partial charge in [-0.05, 0) is 0 Å². The van der Waals surface area contributed by atoms with E-state index in [0.717, 1.165) is 0 Å². The highest BCUT2D eigenvalue weighted by molar-refractivity contribution is 6.52. The Labute approximate surface area is 162 Å². The molecule has 0 unspecified atom stereocenters. The lowest BCUT2D eigenvalue weighted by atomic mass is 10.2. The van der Waals surface area contributed by atoms with E-state index < -0.39 is 96.8 Å². The molecule has 0 saturated carbocycles. The molecular formula is C15HClF10N2O2. The number of hydrogen-bond acceptors (Lipinski definition) is 2. The molecule has 160 valence electrons. The van der Waals surface area contributed by atoms with Gasteiger partial charge in [0.2, 0.25) is 11.6 Å². The summed E-state index contributed by atoms with van der Waals surface area (Å²) in [6.45, 7) is 0. The van der Waals surface area contributed by atoms with Crippen molar-refractivity contribution >= 4 is 34.8 Å². The van der Waals surface area contributed by atoms with Crippen molar-refractivity contribution in [1.29, 1.82) is 0 Å². The van der Waals surface area contributed by atoms with Gasteiger partial charge in [0.25, 0.3) is 0 Å². The Kier molecular flexibility index (Phi) is 5.08. The molecule has 1 saturated heterocycles. The summed E-state index contributed by atoms with van der Waals surface area (Å²) in [6.07, 6.45) is 0. The van der Waals surface area contributed by atoms with Crippen LogP contribution in [0.4, 0.5) is 55.3 Å². The lowest BCUT2D eigenvalue weighted by Gasteiger charge is -2.25. The fourth-order valence-corrected chi connectivity index (χ4v) is 2.91. The van der Waals surface area contributed by atoms with Gasteiger partial charge in [0.1, 0.15) is 11.4 Å². The Morgan fingerprint density at radius 1 is 0.467 bits per heavy atom. The summed E-state index contributed by atoms with van der Waals surface area (Å²) in [7, 11) is 0. The van der Waals surface area contributed by atoms with Gasteiger partial charge < -0.3 is 0 Å². The summed E-state index contributed by atoms with van der Waals surface area (Å²) in [5, 5.41) is 0. The number of alkyl halides is 1. The molecule has 1 aliphatic heterocycles. The van der Waals surface area contributed by atoms with E-state index in [2.05, 4.69) is 0 Å². The minimum Gasteiger partial charge on any atom is -0.263 e. The molecule has 1 heterocycles. The van der Waals surface area contributed by atoms with Crippen molar-refractivity contribution in [3.63, 3.8) is 0 Å². The van der Waals surface area contributed by atoms with Crippen LogP contribution < -0.4 is 9.80 Å². The number of carbonyl (C=O) groups excluding carboxylic acids is 2. The van der Waals surface area contributed by atoms with Gasteiger partial charge in [0.05, 0.1) is 0 Å². The van der Waals surface area contributed by atoms with Crippen LogP contribution in [0.3, 0.4) is 0 Å². The lowest BCUT2D eigenvalue weighted by molar-refractivity contribution is -0.133. The smallest absolute Gasteiger partial charge is 0.263 e. The average Bonchev–Trinajstić information content (AvgIpc) is 2.92. The molecule has 0 N–H and O–H groups in total. The van der Waals surface area contributed by atoms with Gasteiger partial charge in [0.15, 0.2) is 52.2 Å². The SMILES string of the molecule is O=C1C(=O)N(c2c(F)c(F)c(F)c(F)c2F)C(Cl)N1c1c(F)c(F)c(F)c(F)c1F. The van der Waals surface area contributed by atoms with Gasteiger partial charge in [-0.3, -0.25) is 19.4 Å². The molecule has 0 atom stereocenters. The third-order valence-corrected chi connectivity index (χ3v) is 4.29. The molecule has 0 bridgehead atoms. The highest BCUT2D eigenvalue weighted by Gasteiger charge is 2.51. The number of anilines is 2. The topological polar surface area (TPSA) is 40.6 Å². The maximum absolute atomic E-state index is 14.0. The number of benzene rings is 2. The van der Waals surface area contributed by atoms with E-state index in [0.29, 0.717) is 0 Å². The van der Waals surface area contributed by atoms with E-state index in [1.807, 2.05) is 0 Å². The van der Waals surface area contributed by atoms with E-state index >= 15 is 0 Å². The van der Waals surface area contributed by atoms with Crippen LogP contribution in [0.15, 0.2) is 0 Å². The van der Waals surface area contributed by atoms with Gasteiger partial charge in [-0.2, -0.15) is 0 Å². The van der Waals surface area contributed by atoms with Gasteiger partial charge in [-0.1, -0.05) is 11.6 Å². The molecule has 0 aromatic heterocycles. The second kappa shape index (κ2) is 7.04. The molecule has 0 spiro atoms. The van der Waals surface area contributed by atoms with Crippen LogP contribution in [-0.2, 0) is 9.59 Å².